The largest absolute Gasteiger partial charge is 0.456 e. The summed E-state index contributed by atoms with van der Waals surface area (Å²) in [5.74, 6) is 1.49. The molecule has 3 atom stereocenters. The summed E-state index contributed by atoms with van der Waals surface area (Å²) in [6, 6.07) is 7.92. The van der Waals surface area contributed by atoms with Crippen LogP contribution in [-0.2, 0) is 14.3 Å². The molecule has 1 N–H and O–H groups in total. The maximum absolute atomic E-state index is 12.1. The molecular weight excluding hydrogens is 340 g/mol. The fourth-order valence-electron chi connectivity index (χ4n) is 5.15. The van der Waals surface area contributed by atoms with Crippen LogP contribution in [0, 0.1) is 17.8 Å². The third-order valence-electron chi connectivity index (χ3n) is 6.55. The number of esters is 1. The molecule has 27 heavy (non-hydrogen) atoms. The number of carbonyl (C=O) groups excluding carboxylic acids is 2. The smallest absolute Gasteiger partial charge is 0.306 e. The van der Waals surface area contributed by atoms with Crippen LogP contribution >= 0.6 is 0 Å². The van der Waals surface area contributed by atoms with Crippen LogP contribution in [0.15, 0.2) is 24.3 Å². The number of carbonyl (C=O) groups is 2. The van der Waals surface area contributed by atoms with Crippen molar-refractivity contribution in [3.8, 4) is 0 Å². The lowest BCUT2D eigenvalue weighted by atomic mass is 9.86. The number of amides is 1. The van der Waals surface area contributed by atoms with Crippen molar-refractivity contribution >= 4 is 23.3 Å². The molecule has 1 amide bonds. The van der Waals surface area contributed by atoms with Gasteiger partial charge in [-0.3, -0.25) is 9.59 Å². The van der Waals surface area contributed by atoms with E-state index in [0.717, 1.165) is 31.1 Å². The predicted octanol–water partition coefficient (Wildman–Crippen LogP) is 3.98. The van der Waals surface area contributed by atoms with Gasteiger partial charge in [0.2, 0.25) is 0 Å². The maximum atomic E-state index is 12.1. The summed E-state index contributed by atoms with van der Waals surface area (Å²) in [4.78, 5) is 26.5. The van der Waals surface area contributed by atoms with Gasteiger partial charge in [0.1, 0.15) is 0 Å². The van der Waals surface area contributed by atoms with Crippen molar-refractivity contribution in [3.63, 3.8) is 0 Å². The van der Waals surface area contributed by atoms with Crippen LogP contribution in [0.3, 0.4) is 0 Å². The third-order valence-corrected chi connectivity index (χ3v) is 6.55. The fourth-order valence-corrected chi connectivity index (χ4v) is 5.15. The topological polar surface area (TPSA) is 58.6 Å². The van der Waals surface area contributed by atoms with E-state index >= 15 is 0 Å². The Morgan fingerprint density at radius 2 is 1.81 bits per heavy atom. The molecule has 5 nitrogen and oxygen atoms in total. The van der Waals surface area contributed by atoms with E-state index in [0.29, 0.717) is 18.3 Å². The molecule has 1 aromatic carbocycles. The summed E-state index contributed by atoms with van der Waals surface area (Å²) < 4.78 is 5.21. The highest BCUT2D eigenvalue weighted by Crippen LogP contribution is 2.49. The van der Waals surface area contributed by atoms with Crippen LogP contribution in [0.2, 0.25) is 0 Å². The van der Waals surface area contributed by atoms with E-state index in [2.05, 4.69) is 10.2 Å². The zero-order valence-corrected chi connectivity index (χ0v) is 16.0. The van der Waals surface area contributed by atoms with Crippen LogP contribution in [0.25, 0.3) is 0 Å². The quantitative estimate of drug-likeness (QED) is 0.770. The molecule has 2 bridgehead atoms. The van der Waals surface area contributed by atoms with Crippen LogP contribution in [0.4, 0.5) is 11.4 Å². The number of piperidine rings is 1. The summed E-state index contributed by atoms with van der Waals surface area (Å²) in [7, 11) is 0. The minimum atomic E-state index is -0.276. The Bertz CT molecular complexity index is 667. The normalized spacial score (nSPS) is 26.8. The van der Waals surface area contributed by atoms with Crippen LogP contribution < -0.4 is 10.2 Å². The summed E-state index contributed by atoms with van der Waals surface area (Å²) in [6.45, 7) is 2.00. The highest BCUT2D eigenvalue weighted by atomic mass is 16.5. The maximum Gasteiger partial charge on any atom is 0.306 e. The second-order valence-electron chi connectivity index (χ2n) is 8.44. The lowest BCUT2D eigenvalue weighted by Gasteiger charge is -2.28. The van der Waals surface area contributed by atoms with E-state index in [1.807, 2.05) is 24.3 Å². The Hall–Kier alpha value is -2.04. The number of rotatable bonds is 6. The molecule has 2 aliphatic carbocycles. The van der Waals surface area contributed by atoms with Gasteiger partial charge in [-0.2, -0.15) is 0 Å². The van der Waals surface area contributed by atoms with Crippen molar-refractivity contribution in [2.75, 3.05) is 29.9 Å². The van der Waals surface area contributed by atoms with Gasteiger partial charge in [0.25, 0.3) is 5.91 Å². The molecule has 3 fully saturated rings. The Labute approximate surface area is 161 Å². The molecule has 5 heteroatoms. The number of nitrogens with one attached hydrogen (secondary N) is 1. The van der Waals surface area contributed by atoms with E-state index in [-0.39, 0.29) is 18.5 Å². The number of fused-ring (bicyclic) bond motifs is 2. The van der Waals surface area contributed by atoms with Crippen molar-refractivity contribution < 1.29 is 14.3 Å². The standard InChI is InChI=1S/C22H30N2O3/c25-21(15-27-22(26)14-18-13-16-4-5-17(18)12-16)23-19-6-8-20(9-7-19)24-10-2-1-3-11-24/h6-9,16-18H,1-5,10-15H2,(H,23,25)/t16-,17-,18-/m1/s1. The predicted molar refractivity (Wildman–Crippen MR) is 106 cm³/mol. The first-order valence-corrected chi connectivity index (χ1v) is 10.5. The monoisotopic (exact) mass is 370 g/mol. The minimum Gasteiger partial charge on any atom is -0.456 e. The van der Waals surface area contributed by atoms with Crippen molar-refractivity contribution in [3.05, 3.63) is 24.3 Å². The van der Waals surface area contributed by atoms with Crippen LogP contribution in [-0.4, -0.2) is 31.6 Å². The summed E-state index contributed by atoms with van der Waals surface area (Å²) >= 11 is 0. The molecule has 2 saturated carbocycles. The van der Waals surface area contributed by atoms with Crippen molar-refractivity contribution in [1.29, 1.82) is 0 Å². The Balaban J connectivity index is 1.19. The molecule has 146 valence electrons. The average Bonchev–Trinajstić information content (AvgIpc) is 3.31. The molecular formula is C22H30N2O3. The lowest BCUT2D eigenvalue weighted by Crippen LogP contribution is -2.29. The number of ether oxygens (including phenoxy) is 1. The van der Waals surface area contributed by atoms with Gasteiger partial charge in [0, 0.05) is 30.9 Å². The minimum absolute atomic E-state index is 0.201. The van der Waals surface area contributed by atoms with Crippen molar-refractivity contribution in [1.82, 2.24) is 0 Å². The number of hydrogen-bond acceptors (Lipinski definition) is 4. The first-order valence-electron chi connectivity index (χ1n) is 10.5. The fraction of sp³-hybridized carbons (Fsp3) is 0.636. The van der Waals surface area contributed by atoms with Gasteiger partial charge in [-0.25, -0.2) is 0 Å². The third kappa shape index (κ3) is 4.63. The Morgan fingerprint density at radius 3 is 2.48 bits per heavy atom. The number of anilines is 2. The summed E-state index contributed by atoms with van der Waals surface area (Å²) in [6.07, 6.45) is 9.30. The van der Waals surface area contributed by atoms with Gasteiger partial charge >= 0.3 is 5.97 Å². The van der Waals surface area contributed by atoms with Gasteiger partial charge in [0.05, 0.1) is 0 Å². The highest BCUT2D eigenvalue weighted by Gasteiger charge is 2.40. The van der Waals surface area contributed by atoms with Gasteiger partial charge in [-0.05, 0) is 80.5 Å². The zero-order chi connectivity index (χ0) is 18.6. The molecule has 1 aliphatic heterocycles. The first-order chi connectivity index (χ1) is 13.2. The van der Waals surface area contributed by atoms with E-state index in [9.17, 15) is 9.59 Å². The molecule has 1 aromatic rings. The second-order valence-corrected chi connectivity index (χ2v) is 8.44. The van der Waals surface area contributed by atoms with Crippen LogP contribution in [0.5, 0.6) is 0 Å². The number of nitrogens with zero attached hydrogens (tertiary/aromatic N) is 1. The van der Waals surface area contributed by atoms with Crippen molar-refractivity contribution in [2.24, 2.45) is 17.8 Å². The Morgan fingerprint density at radius 1 is 1.04 bits per heavy atom. The van der Waals surface area contributed by atoms with E-state index in [1.165, 1.54) is 44.2 Å². The number of hydrogen-bond donors (Lipinski definition) is 1. The molecule has 0 aromatic heterocycles. The molecule has 0 radical (unpaired) electrons. The van der Waals surface area contributed by atoms with E-state index < -0.39 is 0 Å². The molecule has 1 saturated heterocycles. The second kappa shape index (κ2) is 8.32. The lowest BCUT2D eigenvalue weighted by molar-refractivity contribution is -0.148. The summed E-state index contributed by atoms with van der Waals surface area (Å²) in [5, 5.41) is 2.81. The summed E-state index contributed by atoms with van der Waals surface area (Å²) in [5.41, 5.74) is 1.94. The van der Waals surface area contributed by atoms with Crippen molar-refractivity contribution in [2.45, 2.75) is 51.4 Å². The molecule has 0 spiro atoms. The van der Waals surface area contributed by atoms with E-state index in [4.69, 9.17) is 4.74 Å². The molecule has 1 heterocycles. The van der Waals surface area contributed by atoms with Gasteiger partial charge in [-0.1, -0.05) is 6.42 Å². The first kappa shape index (κ1) is 18.3. The van der Waals surface area contributed by atoms with Crippen LogP contribution in [0.1, 0.15) is 51.4 Å². The Kier molecular flexibility index (Phi) is 5.65. The van der Waals surface area contributed by atoms with Gasteiger partial charge in [-0.15, -0.1) is 0 Å². The highest BCUT2D eigenvalue weighted by molar-refractivity contribution is 5.92. The van der Waals surface area contributed by atoms with Gasteiger partial charge < -0.3 is 15.0 Å². The SMILES string of the molecule is O=C(COC(=O)C[C@H]1C[C@@H]2CC[C@@H]1C2)Nc1ccc(N2CCCCC2)cc1. The molecule has 3 aliphatic rings. The van der Waals surface area contributed by atoms with Gasteiger partial charge in [0.15, 0.2) is 6.61 Å². The zero-order valence-electron chi connectivity index (χ0n) is 16.0. The van der Waals surface area contributed by atoms with E-state index in [1.54, 1.807) is 0 Å². The molecule has 4 rings (SSSR count). The average molecular weight is 370 g/mol. The molecule has 0 unspecified atom stereocenters. The number of benzene rings is 1.